The van der Waals surface area contributed by atoms with E-state index in [9.17, 15) is 13.2 Å². The van der Waals surface area contributed by atoms with E-state index in [0.29, 0.717) is 26.1 Å². The molecule has 7 nitrogen and oxygen atoms in total. The highest BCUT2D eigenvalue weighted by atomic mass is 32.2. The number of carbonyl (C=O) groups excluding carboxylic acids is 1. The van der Waals surface area contributed by atoms with Crippen molar-refractivity contribution in [1.29, 1.82) is 0 Å². The van der Waals surface area contributed by atoms with Crippen LogP contribution >= 0.6 is 11.3 Å². The van der Waals surface area contributed by atoms with Crippen molar-refractivity contribution >= 4 is 27.2 Å². The third-order valence-electron chi connectivity index (χ3n) is 3.53. The summed E-state index contributed by atoms with van der Waals surface area (Å²) in [7, 11) is -3.00. The second-order valence-corrected chi connectivity index (χ2v) is 9.19. The molecule has 22 heavy (non-hydrogen) atoms. The molecule has 1 aromatic rings. The molecule has 1 fully saturated rings. The van der Waals surface area contributed by atoms with Gasteiger partial charge in [-0.15, -0.1) is 21.5 Å². The van der Waals surface area contributed by atoms with Gasteiger partial charge in [0.25, 0.3) is 0 Å². The van der Waals surface area contributed by atoms with Crippen molar-refractivity contribution in [3.05, 3.63) is 10.0 Å². The molecule has 2 heterocycles. The van der Waals surface area contributed by atoms with Crippen LogP contribution in [0.25, 0.3) is 0 Å². The van der Waals surface area contributed by atoms with Gasteiger partial charge >= 0.3 is 6.03 Å². The van der Waals surface area contributed by atoms with Gasteiger partial charge < -0.3 is 10.2 Å². The maximum absolute atomic E-state index is 12.1. The zero-order valence-electron chi connectivity index (χ0n) is 12.9. The fourth-order valence-corrected chi connectivity index (χ4v) is 4.48. The summed E-state index contributed by atoms with van der Waals surface area (Å²) in [6.45, 7) is 3.61. The molecule has 0 aliphatic carbocycles. The van der Waals surface area contributed by atoms with Gasteiger partial charge in [0.05, 0.1) is 5.75 Å². The fraction of sp³-hybridized carbons (Fsp3) is 0.769. The summed E-state index contributed by atoms with van der Waals surface area (Å²) in [5, 5.41) is 12.6. The molecule has 1 atom stereocenters. The minimum absolute atomic E-state index is 0.0420. The number of likely N-dealkylation sites (tertiary alicyclic amines) is 1. The number of hydrogen-bond acceptors (Lipinski definition) is 6. The fourth-order valence-electron chi connectivity index (χ4n) is 2.64. The molecule has 0 saturated carbocycles. The van der Waals surface area contributed by atoms with E-state index >= 15 is 0 Å². The molecule has 1 aliphatic rings. The molecule has 1 saturated heterocycles. The number of aromatic nitrogens is 2. The van der Waals surface area contributed by atoms with Crippen LogP contribution in [0, 0.1) is 12.8 Å². The Labute approximate surface area is 135 Å². The molecule has 0 aromatic carbocycles. The highest BCUT2D eigenvalue weighted by molar-refractivity contribution is 7.90. The largest absolute Gasteiger partial charge is 0.338 e. The van der Waals surface area contributed by atoms with Crippen molar-refractivity contribution < 1.29 is 13.2 Å². The van der Waals surface area contributed by atoms with Gasteiger partial charge in [0, 0.05) is 32.3 Å². The summed E-state index contributed by atoms with van der Waals surface area (Å²) < 4.78 is 22.8. The second kappa shape index (κ2) is 7.36. The molecule has 1 unspecified atom stereocenters. The molecular weight excluding hydrogens is 324 g/mol. The molecule has 124 valence electrons. The van der Waals surface area contributed by atoms with Crippen LogP contribution < -0.4 is 5.32 Å². The highest BCUT2D eigenvalue weighted by Crippen LogP contribution is 2.18. The molecule has 9 heteroatoms. The average Bonchev–Trinajstić information content (AvgIpc) is 2.83. The predicted molar refractivity (Wildman–Crippen MR) is 85.8 cm³/mol. The molecule has 1 N–H and O–H groups in total. The standard InChI is InChI=1S/C13H22N4O3S2/c1-10-15-16-12(21-10)5-6-14-13(18)17-7-3-4-11(8-17)9-22(2,19)20/h11H,3-9H2,1-2H3,(H,14,18). The average molecular weight is 346 g/mol. The third kappa shape index (κ3) is 5.53. The van der Waals surface area contributed by atoms with E-state index in [1.54, 1.807) is 4.90 Å². The summed E-state index contributed by atoms with van der Waals surface area (Å²) in [5.74, 6) is 0.196. The molecule has 0 spiro atoms. The van der Waals surface area contributed by atoms with Crippen LogP contribution in [0.1, 0.15) is 22.9 Å². The summed E-state index contributed by atoms with van der Waals surface area (Å²) in [6.07, 6.45) is 3.62. The van der Waals surface area contributed by atoms with E-state index < -0.39 is 9.84 Å². The van der Waals surface area contributed by atoms with Crippen LogP contribution in [0.4, 0.5) is 4.79 Å². The summed E-state index contributed by atoms with van der Waals surface area (Å²) in [4.78, 5) is 13.9. The maximum Gasteiger partial charge on any atom is 0.317 e. The van der Waals surface area contributed by atoms with Crippen molar-refractivity contribution in [2.75, 3.05) is 31.6 Å². The molecule has 1 aromatic heterocycles. The smallest absolute Gasteiger partial charge is 0.317 e. The predicted octanol–water partition coefficient (Wildman–Crippen LogP) is 0.855. The van der Waals surface area contributed by atoms with Gasteiger partial charge in [0.15, 0.2) is 0 Å². The van der Waals surface area contributed by atoms with Gasteiger partial charge in [-0.05, 0) is 25.7 Å². The van der Waals surface area contributed by atoms with E-state index in [1.807, 2.05) is 6.92 Å². The first-order chi connectivity index (χ1) is 10.3. The van der Waals surface area contributed by atoms with Crippen LogP contribution in [0.5, 0.6) is 0 Å². The SMILES string of the molecule is Cc1nnc(CCNC(=O)N2CCCC(CS(C)(=O)=O)C2)s1. The van der Waals surface area contributed by atoms with Crippen LogP contribution in [0.15, 0.2) is 0 Å². The zero-order valence-corrected chi connectivity index (χ0v) is 14.5. The lowest BCUT2D eigenvalue weighted by atomic mass is 10.0. The second-order valence-electron chi connectivity index (χ2n) is 5.74. The maximum atomic E-state index is 12.1. The van der Waals surface area contributed by atoms with Gasteiger partial charge in [-0.25, -0.2) is 13.2 Å². The normalized spacial score (nSPS) is 19.2. The Bertz CT molecular complexity index is 615. The molecule has 2 rings (SSSR count). The first kappa shape index (κ1) is 17.1. The van der Waals surface area contributed by atoms with E-state index in [4.69, 9.17) is 0 Å². The molecule has 0 bridgehead atoms. The minimum atomic E-state index is -3.00. The quantitative estimate of drug-likeness (QED) is 0.853. The number of sulfone groups is 1. The van der Waals surface area contributed by atoms with Crippen LogP contribution in [-0.2, 0) is 16.3 Å². The molecule has 2 amide bonds. The number of rotatable bonds is 5. The van der Waals surface area contributed by atoms with Crippen molar-refractivity contribution in [2.24, 2.45) is 5.92 Å². The Balaban J connectivity index is 1.76. The number of urea groups is 1. The van der Waals surface area contributed by atoms with Crippen LogP contribution in [0.3, 0.4) is 0 Å². The molecule has 0 radical (unpaired) electrons. The van der Waals surface area contributed by atoms with Crippen LogP contribution in [0.2, 0.25) is 0 Å². The number of nitrogens with one attached hydrogen (secondary N) is 1. The number of carbonyl (C=O) groups is 1. The first-order valence-electron chi connectivity index (χ1n) is 7.33. The van der Waals surface area contributed by atoms with Gasteiger partial charge in [-0.3, -0.25) is 0 Å². The van der Waals surface area contributed by atoms with Crippen molar-refractivity contribution in [2.45, 2.75) is 26.2 Å². The topological polar surface area (TPSA) is 92.3 Å². The Morgan fingerprint density at radius 1 is 1.45 bits per heavy atom. The highest BCUT2D eigenvalue weighted by Gasteiger charge is 2.25. The Morgan fingerprint density at radius 3 is 2.86 bits per heavy atom. The van der Waals surface area contributed by atoms with Crippen molar-refractivity contribution in [3.8, 4) is 0 Å². The van der Waals surface area contributed by atoms with Gasteiger partial charge in [0.2, 0.25) is 0 Å². The van der Waals surface area contributed by atoms with E-state index in [-0.39, 0.29) is 17.7 Å². The lowest BCUT2D eigenvalue weighted by Crippen LogP contribution is -2.47. The number of piperidine rings is 1. The Morgan fingerprint density at radius 2 is 2.23 bits per heavy atom. The zero-order chi connectivity index (χ0) is 16.2. The lowest BCUT2D eigenvalue weighted by Gasteiger charge is -2.32. The lowest BCUT2D eigenvalue weighted by molar-refractivity contribution is 0.170. The number of amides is 2. The first-order valence-corrected chi connectivity index (χ1v) is 10.2. The van der Waals surface area contributed by atoms with Gasteiger partial charge in [-0.2, -0.15) is 0 Å². The van der Waals surface area contributed by atoms with Crippen molar-refractivity contribution in [3.63, 3.8) is 0 Å². The van der Waals surface area contributed by atoms with Crippen molar-refractivity contribution in [1.82, 2.24) is 20.4 Å². The Kier molecular flexibility index (Phi) is 5.74. The Hall–Kier alpha value is -1.22. The van der Waals surface area contributed by atoms with Gasteiger partial charge in [-0.1, -0.05) is 0 Å². The van der Waals surface area contributed by atoms with Gasteiger partial charge in [0.1, 0.15) is 19.9 Å². The van der Waals surface area contributed by atoms with E-state index in [0.717, 1.165) is 22.9 Å². The number of hydrogen-bond donors (Lipinski definition) is 1. The van der Waals surface area contributed by atoms with E-state index in [1.165, 1.54) is 17.6 Å². The van der Waals surface area contributed by atoms with E-state index in [2.05, 4.69) is 15.5 Å². The summed E-state index contributed by atoms with van der Waals surface area (Å²) in [6, 6.07) is -0.126. The summed E-state index contributed by atoms with van der Waals surface area (Å²) >= 11 is 1.53. The number of nitrogens with zero attached hydrogens (tertiary/aromatic N) is 3. The third-order valence-corrected chi connectivity index (χ3v) is 5.50. The van der Waals surface area contributed by atoms with Crippen LogP contribution in [-0.4, -0.2) is 61.2 Å². The molecule has 1 aliphatic heterocycles. The minimum Gasteiger partial charge on any atom is -0.338 e. The number of aryl methyl sites for hydroxylation is 1. The monoisotopic (exact) mass is 346 g/mol. The summed E-state index contributed by atoms with van der Waals surface area (Å²) in [5.41, 5.74) is 0. The molecular formula is C13H22N4O3S2.